The summed E-state index contributed by atoms with van der Waals surface area (Å²) in [5.41, 5.74) is -3.27. The Bertz CT molecular complexity index is 1420. The molecule has 5 rings (SSSR count). The first kappa shape index (κ1) is 37.2. The molecule has 2 unspecified atom stereocenters. The predicted molar refractivity (Wildman–Crippen MR) is 181 cm³/mol. The summed E-state index contributed by atoms with van der Waals surface area (Å²) in [6.45, 7) is 10.7. The van der Waals surface area contributed by atoms with Gasteiger partial charge in [-0.15, -0.1) is 0 Å². The van der Waals surface area contributed by atoms with Crippen LogP contribution in [0, 0.1) is 10.8 Å². The summed E-state index contributed by atoms with van der Waals surface area (Å²) in [7, 11) is -4.89. The third-order valence-corrected chi connectivity index (χ3v) is 11.3. The number of hydrogen-bond donors (Lipinski definition) is 0. The fourth-order valence-corrected chi connectivity index (χ4v) is 8.58. The zero-order chi connectivity index (χ0) is 35.5. The second kappa shape index (κ2) is 14.6. The zero-order valence-electron chi connectivity index (χ0n) is 29.6. The van der Waals surface area contributed by atoms with Crippen LogP contribution in [0.5, 0.6) is 0 Å². The summed E-state index contributed by atoms with van der Waals surface area (Å²) in [5.74, 6) is -2.03. The van der Waals surface area contributed by atoms with Gasteiger partial charge in [0.1, 0.15) is 6.10 Å². The molecule has 2 aromatic carbocycles. The van der Waals surface area contributed by atoms with Gasteiger partial charge < -0.3 is 18.7 Å². The van der Waals surface area contributed by atoms with Crippen LogP contribution in [-0.4, -0.2) is 67.3 Å². The number of nitrogens with zero attached hydrogens (tertiary/aromatic N) is 1. The van der Waals surface area contributed by atoms with Gasteiger partial charge in [0.05, 0.1) is 36.0 Å². The molecule has 0 aliphatic carbocycles. The molecule has 3 aliphatic heterocycles. The molecule has 1 spiro atoms. The summed E-state index contributed by atoms with van der Waals surface area (Å²) in [6.07, 6.45) is 5.76. The van der Waals surface area contributed by atoms with Gasteiger partial charge in [-0.1, -0.05) is 60.7 Å². The molecule has 12 heteroatoms. The number of piperidine rings is 1. The molecule has 0 N–H and O–H groups in total. The van der Waals surface area contributed by atoms with Crippen LogP contribution in [0.4, 0.5) is 0 Å². The van der Waals surface area contributed by atoms with E-state index in [1.54, 1.807) is 102 Å². The minimum Gasteiger partial charge on any atom is -0.459 e. The Morgan fingerprint density at radius 2 is 1.12 bits per heavy atom. The number of hydrogen-bond acceptors (Lipinski definition) is 10. The fourth-order valence-electron chi connectivity index (χ4n) is 7.41. The van der Waals surface area contributed by atoms with E-state index in [-0.39, 0.29) is 6.10 Å². The molecule has 0 aromatic heterocycles. The van der Waals surface area contributed by atoms with Crippen molar-refractivity contribution in [2.24, 2.45) is 10.8 Å². The monoisotopic (exact) mass is 700 g/mol. The summed E-state index contributed by atoms with van der Waals surface area (Å²) >= 11 is 0. The van der Waals surface area contributed by atoms with Crippen molar-refractivity contribution in [2.45, 2.75) is 104 Å². The molecule has 11 nitrogen and oxygen atoms in total. The molecule has 2 atom stereocenters. The van der Waals surface area contributed by atoms with Gasteiger partial charge in [-0.25, -0.2) is 18.4 Å². The number of ether oxygens (including phenoxy) is 3. The molecule has 3 aliphatic rings. The van der Waals surface area contributed by atoms with Crippen LogP contribution < -0.4 is 0 Å². The van der Waals surface area contributed by atoms with Gasteiger partial charge in [-0.2, -0.15) is 0 Å². The summed E-state index contributed by atoms with van der Waals surface area (Å²) in [5, 5.41) is 0. The van der Waals surface area contributed by atoms with Gasteiger partial charge in [0, 0.05) is 49.7 Å². The van der Waals surface area contributed by atoms with E-state index in [1.807, 2.05) is 0 Å². The number of quaternary nitrogens is 1. The van der Waals surface area contributed by atoms with Crippen molar-refractivity contribution < 1.29 is 51.2 Å². The Morgan fingerprint density at radius 3 is 1.53 bits per heavy atom. The lowest BCUT2D eigenvalue weighted by molar-refractivity contribution is -0.956. The number of esters is 3. The van der Waals surface area contributed by atoms with Gasteiger partial charge in [0.25, 0.3) is 0 Å². The van der Waals surface area contributed by atoms with Crippen LogP contribution in [0.2, 0.25) is 0 Å². The SMILES string of the molecule is CC(C)(C)C(=O)OCOP(=O)(OCOC(=O)C(C)(C)C)OC(C(=O)OC1CC2CCC(C1)[N+]21CCCC1)(c1ccccc1)c1ccccc1. The highest BCUT2D eigenvalue weighted by atomic mass is 31.2. The Morgan fingerprint density at radius 1 is 0.694 bits per heavy atom. The van der Waals surface area contributed by atoms with Crippen molar-refractivity contribution in [3.8, 4) is 0 Å². The van der Waals surface area contributed by atoms with Gasteiger partial charge in [0.2, 0.25) is 19.2 Å². The van der Waals surface area contributed by atoms with E-state index < -0.39 is 55.7 Å². The molecule has 49 heavy (non-hydrogen) atoms. The van der Waals surface area contributed by atoms with Crippen LogP contribution in [0.25, 0.3) is 0 Å². The first-order chi connectivity index (χ1) is 23.1. The molecule has 0 saturated carbocycles. The molecule has 2 aromatic rings. The van der Waals surface area contributed by atoms with Gasteiger partial charge in [0.15, 0.2) is 0 Å². The summed E-state index contributed by atoms with van der Waals surface area (Å²) < 4.78 is 50.2. The summed E-state index contributed by atoms with van der Waals surface area (Å²) in [4.78, 5) is 39.9. The lowest BCUT2D eigenvalue weighted by atomic mass is 9.86. The molecule has 2 bridgehead atoms. The average Bonchev–Trinajstić information content (AvgIpc) is 3.60. The first-order valence-electron chi connectivity index (χ1n) is 17.2. The van der Waals surface area contributed by atoms with Crippen molar-refractivity contribution in [1.29, 1.82) is 0 Å². The van der Waals surface area contributed by atoms with E-state index in [1.165, 1.54) is 25.9 Å². The molecular weight excluding hydrogens is 649 g/mol. The summed E-state index contributed by atoms with van der Waals surface area (Å²) in [6, 6.07) is 18.0. The van der Waals surface area contributed by atoms with Crippen molar-refractivity contribution >= 4 is 25.7 Å². The first-order valence-corrected chi connectivity index (χ1v) is 18.7. The second-order valence-corrected chi connectivity index (χ2v) is 17.0. The quantitative estimate of drug-likeness (QED) is 0.0750. The average molecular weight is 701 g/mol. The van der Waals surface area contributed by atoms with Crippen LogP contribution in [0.15, 0.2) is 60.7 Å². The number of phosphoric ester groups is 1. The topological polar surface area (TPSA) is 124 Å². The van der Waals surface area contributed by atoms with E-state index in [4.69, 9.17) is 27.8 Å². The molecule has 3 fully saturated rings. The minimum absolute atomic E-state index is 0.318. The Hall–Kier alpha value is -3.08. The van der Waals surface area contributed by atoms with Gasteiger partial charge in [-0.3, -0.25) is 14.1 Å². The number of rotatable bonds is 12. The van der Waals surface area contributed by atoms with Crippen molar-refractivity contribution in [1.82, 2.24) is 0 Å². The molecule has 0 amide bonds. The largest absolute Gasteiger partial charge is 0.482 e. The van der Waals surface area contributed by atoms with Crippen LogP contribution in [-0.2, 0) is 52.3 Å². The van der Waals surface area contributed by atoms with Crippen LogP contribution in [0.1, 0.15) is 91.2 Å². The van der Waals surface area contributed by atoms with Crippen molar-refractivity contribution in [3.63, 3.8) is 0 Å². The van der Waals surface area contributed by atoms with Crippen LogP contribution >= 0.6 is 7.82 Å². The third-order valence-electron chi connectivity index (χ3n) is 9.95. The smallest absolute Gasteiger partial charge is 0.459 e. The highest BCUT2D eigenvalue weighted by Gasteiger charge is 2.58. The Balaban J connectivity index is 1.50. The Labute approximate surface area is 289 Å². The number of carbonyl (C=O) groups excluding carboxylic acids is 3. The van der Waals surface area contributed by atoms with E-state index in [0.29, 0.717) is 23.2 Å². The molecule has 3 saturated heterocycles. The highest BCUT2D eigenvalue weighted by Crippen LogP contribution is 2.57. The minimum atomic E-state index is -4.89. The molecular formula is C37H51NO10P+. The Kier molecular flexibility index (Phi) is 11.1. The van der Waals surface area contributed by atoms with E-state index in [9.17, 15) is 18.9 Å². The lowest BCUT2D eigenvalue weighted by Crippen LogP contribution is -2.60. The van der Waals surface area contributed by atoms with E-state index >= 15 is 0 Å². The molecule has 268 valence electrons. The van der Waals surface area contributed by atoms with Crippen LogP contribution in [0.3, 0.4) is 0 Å². The molecule has 3 heterocycles. The van der Waals surface area contributed by atoms with Gasteiger partial charge >= 0.3 is 25.7 Å². The standard InChI is InChI=1S/C37H51NO10P/c1-35(2,3)32(39)43-25-45-49(42,46-26-44-33(40)36(4,5)6)48-37(27-15-9-7-10-16-27,28-17-11-8-12-18-28)34(41)47-31-23-29-19-20-30(24-31)38(29)21-13-14-22-38/h7-12,15-18,29-31H,13-14,19-26H2,1-6H3/q+1. The van der Waals surface area contributed by atoms with Gasteiger partial charge in [-0.05, 0) is 41.5 Å². The maximum Gasteiger partial charge on any atom is 0.482 e. The maximum absolute atomic E-state index is 14.8. The van der Waals surface area contributed by atoms with Crippen molar-refractivity contribution in [2.75, 3.05) is 26.7 Å². The fraction of sp³-hybridized carbons (Fsp3) is 0.595. The maximum atomic E-state index is 14.8. The normalized spacial score (nSPS) is 22.1. The second-order valence-electron chi connectivity index (χ2n) is 15.5. The predicted octanol–water partition coefficient (Wildman–Crippen LogP) is 7.03. The highest BCUT2D eigenvalue weighted by molar-refractivity contribution is 7.48. The third kappa shape index (κ3) is 8.12. The zero-order valence-corrected chi connectivity index (χ0v) is 30.4. The molecule has 0 radical (unpaired) electrons. The van der Waals surface area contributed by atoms with E-state index in [0.717, 1.165) is 30.2 Å². The van der Waals surface area contributed by atoms with E-state index in [2.05, 4.69) is 0 Å². The lowest BCUT2D eigenvalue weighted by Gasteiger charge is -2.47. The van der Waals surface area contributed by atoms with Crippen molar-refractivity contribution in [3.05, 3.63) is 71.8 Å². The number of phosphoric acid groups is 1. The number of carbonyl (C=O) groups is 3. The number of benzene rings is 2.